The van der Waals surface area contributed by atoms with Gasteiger partial charge in [-0.1, -0.05) is 6.07 Å². The second-order valence-electron chi connectivity index (χ2n) is 4.84. The molecule has 0 aromatic heterocycles. The number of aliphatic carboxylic acids is 1. The van der Waals surface area contributed by atoms with Crippen LogP contribution in [0, 0.1) is 0 Å². The number of carbonyl (C=O) groups is 3. The van der Waals surface area contributed by atoms with E-state index in [-0.39, 0.29) is 18.7 Å². The highest BCUT2D eigenvalue weighted by molar-refractivity contribution is 6.61. The van der Waals surface area contributed by atoms with Crippen LogP contribution in [-0.2, 0) is 25.6 Å². The zero-order valence-corrected chi connectivity index (χ0v) is 11.6. The van der Waals surface area contributed by atoms with Crippen LogP contribution in [0.25, 0.3) is 0 Å². The van der Waals surface area contributed by atoms with Crippen molar-refractivity contribution in [3.05, 3.63) is 23.8 Å². The lowest BCUT2D eigenvalue weighted by molar-refractivity contribution is -0.140. The standard InChI is InChI=1S/C13H15BN2O6/c17-7-15-11(13(19)20)3-4-12(18)16-9-2-1-8-6-22-14(21)10(8)5-9/h1-2,5,7,11,21H,3-4,6H2,(H,15,17)(H,16,18)(H,19,20)/t11-/m0/s1. The smallest absolute Gasteiger partial charge is 0.480 e. The van der Waals surface area contributed by atoms with Crippen LogP contribution in [0.5, 0.6) is 0 Å². The lowest BCUT2D eigenvalue weighted by Gasteiger charge is -2.11. The number of nitrogens with one attached hydrogen (secondary N) is 2. The van der Waals surface area contributed by atoms with Gasteiger partial charge in [-0.05, 0) is 29.6 Å². The molecule has 0 aliphatic carbocycles. The molecule has 0 saturated heterocycles. The van der Waals surface area contributed by atoms with Gasteiger partial charge in [-0.15, -0.1) is 0 Å². The molecule has 1 aromatic carbocycles. The van der Waals surface area contributed by atoms with E-state index in [0.717, 1.165) is 5.56 Å². The predicted octanol–water partition coefficient (Wildman–Crippen LogP) is -1.18. The monoisotopic (exact) mass is 306 g/mol. The van der Waals surface area contributed by atoms with Crippen molar-refractivity contribution in [2.75, 3.05) is 5.32 Å². The zero-order valence-electron chi connectivity index (χ0n) is 11.6. The van der Waals surface area contributed by atoms with Gasteiger partial charge in [-0.25, -0.2) is 4.79 Å². The molecule has 22 heavy (non-hydrogen) atoms. The zero-order chi connectivity index (χ0) is 16.1. The molecule has 2 rings (SSSR count). The first-order valence-corrected chi connectivity index (χ1v) is 6.66. The molecule has 8 nitrogen and oxygen atoms in total. The molecular weight excluding hydrogens is 291 g/mol. The Kier molecular flexibility index (Phi) is 5.13. The molecule has 1 aliphatic heterocycles. The molecule has 1 aliphatic rings. The molecule has 4 N–H and O–H groups in total. The third kappa shape index (κ3) is 3.83. The van der Waals surface area contributed by atoms with Crippen molar-refractivity contribution in [2.24, 2.45) is 0 Å². The molecular formula is C13H15BN2O6. The maximum absolute atomic E-state index is 11.8. The number of benzene rings is 1. The summed E-state index contributed by atoms with van der Waals surface area (Å²) >= 11 is 0. The molecule has 1 atom stereocenters. The maximum Gasteiger partial charge on any atom is 0.491 e. The Labute approximate surface area is 126 Å². The Morgan fingerprint density at radius 3 is 2.91 bits per heavy atom. The fourth-order valence-corrected chi connectivity index (χ4v) is 2.15. The molecule has 1 aromatic rings. The van der Waals surface area contributed by atoms with Gasteiger partial charge < -0.3 is 25.4 Å². The van der Waals surface area contributed by atoms with Gasteiger partial charge in [0.15, 0.2) is 0 Å². The molecule has 0 unspecified atom stereocenters. The minimum atomic E-state index is -1.20. The Hall–Kier alpha value is -2.39. The van der Waals surface area contributed by atoms with Gasteiger partial charge in [0.2, 0.25) is 12.3 Å². The van der Waals surface area contributed by atoms with E-state index in [2.05, 4.69) is 10.6 Å². The number of hydrogen-bond donors (Lipinski definition) is 4. The predicted molar refractivity (Wildman–Crippen MR) is 77.3 cm³/mol. The first kappa shape index (κ1) is 16.0. The Morgan fingerprint density at radius 1 is 1.45 bits per heavy atom. The Balaban J connectivity index is 1.91. The van der Waals surface area contributed by atoms with Crippen LogP contribution in [-0.4, -0.2) is 41.6 Å². The summed E-state index contributed by atoms with van der Waals surface area (Å²) in [5.41, 5.74) is 1.94. The van der Waals surface area contributed by atoms with Crippen molar-refractivity contribution in [3.8, 4) is 0 Å². The van der Waals surface area contributed by atoms with E-state index in [1.54, 1.807) is 18.2 Å². The second-order valence-corrected chi connectivity index (χ2v) is 4.84. The minimum absolute atomic E-state index is 0.0173. The average Bonchev–Trinajstić information content (AvgIpc) is 2.84. The molecule has 1 heterocycles. The molecule has 0 bridgehead atoms. The lowest BCUT2D eigenvalue weighted by Crippen LogP contribution is -2.36. The first-order valence-electron chi connectivity index (χ1n) is 6.66. The number of carbonyl (C=O) groups excluding carboxylic acids is 2. The van der Waals surface area contributed by atoms with Gasteiger partial charge in [-0.2, -0.15) is 0 Å². The van der Waals surface area contributed by atoms with E-state index < -0.39 is 19.1 Å². The minimum Gasteiger partial charge on any atom is -0.480 e. The first-order chi connectivity index (χ1) is 10.5. The fourth-order valence-electron chi connectivity index (χ4n) is 2.15. The molecule has 0 saturated carbocycles. The highest BCUT2D eigenvalue weighted by Crippen LogP contribution is 2.15. The van der Waals surface area contributed by atoms with Crippen molar-refractivity contribution in [1.82, 2.24) is 5.32 Å². The third-order valence-corrected chi connectivity index (χ3v) is 3.32. The average molecular weight is 306 g/mol. The molecule has 116 valence electrons. The number of amides is 2. The maximum atomic E-state index is 11.8. The summed E-state index contributed by atoms with van der Waals surface area (Å²) in [4.78, 5) is 32.9. The van der Waals surface area contributed by atoms with E-state index >= 15 is 0 Å². The number of carboxylic acids is 1. The van der Waals surface area contributed by atoms with Crippen LogP contribution in [0.1, 0.15) is 18.4 Å². The largest absolute Gasteiger partial charge is 0.491 e. The van der Waals surface area contributed by atoms with Gasteiger partial charge in [0.05, 0.1) is 6.61 Å². The normalized spacial score (nSPS) is 14.1. The SMILES string of the molecule is O=CN[C@@H](CCC(=O)Nc1ccc2c(c1)B(O)OC2)C(=O)O. The quantitative estimate of drug-likeness (QED) is 0.371. The van der Waals surface area contributed by atoms with Gasteiger partial charge in [-0.3, -0.25) is 9.59 Å². The number of rotatable bonds is 7. The van der Waals surface area contributed by atoms with Crippen molar-refractivity contribution >= 4 is 36.6 Å². The molecule has 9 heteroatoms. The van der Waals surface area contributed by atoms with Gasteiger partial charge in [0, 0.05) is 12.1 Å². The van der Waals surface area contributed by atoms with E-state index in [9.17, 15) is 19.4 Å². The molecule has 0 radical (unpaired) electrons. The summed E-state index contributed by atoms with van der Waals surface area (Å²) in [6.45, 7) is 0.322. The van der Waals surface area contributed by atoms with Crippen molar-refractivity contribution in [3.63, 3.8) is 0 Å². The summed E-state index contributed by atoms with van der Waals surface area (Å²) in [7, 11) is -1.000. The van der Waals surface area contributed by atoms with Gasteiger partial charge in [0.25, 0.3) is 0 Å². The number of hydrogen-bond acceptors (Lipinski definition) is 5. The van der Waals surface area contributed by atoms with Gasteiger partial charge in [0.1, 0.15) is 6.04 Å². The molecule has 2 amide bonds. The van der Waals surface area contributed by atoms with Gasteiger partial charge >= 0.3 is 13.1 Å². The van der Waals surface area contributed by atoms with Crippen LogP contribution < -0.4 is 16.1 Å². The van der Waals surface area contributed by atoms with Crippen LogP contribution in [0.4, 0.5) is 5.69 Å². The fraction of sp³-hybridized carbons (Fsp3) is 0.308. The number of fused-ring (bicyclic) bond motifs is 1. The topological polar surface area (TPSA) is 125 Å². The van der Waals surface area contributed by atoms with Crippen LogP contribution in [0.2, 0.25) is 0 Å². The van der Waals surface area contributed by atoms with E-state index in [4.69, 9.17) is 9.76 Å². The summed E-state index contributed by atoms with van der Waals surface area (Å²) in [6, 6.07) is 3.94. The highest BCUT2D eigenvalue weighted by Gasteiger charge is 2.27. The van der Waals surface area contributed by atoms with E-state index in [1.165, 1.54) is 0 Å². The second kappa shape index (κ2) is 7.05. The lowest BCUT2D eigenvalue weighted by atomic mass is 9.79. The third-order valence-electron chi connectivity index (χ3n) is 3.32. The molecule has 0 fully saturated rings. The highest BCUT2D eigenvalue weighted by atomic mass is 16.5. The number of carboxylic acid groups (broad SMARTS) is 1. The van der Waals surface area contributed by atoms with Crippen molar-refractivity contribution in [2.45, 2.75) is 25.5 Å². The summed E-state index contributed by atoms with van der Waals surface area (Å²) in [6.07, 6.45) is 0.211. The Morgan fingerprint density at radius 2 is 2.23 bits per heavy atom. The van der Waals surface area contributed by atoms with Crippen LogP contribution in [0.3, 0.4) is 0 Å². The van der Waals surface area contributed by atoms with Crippen LogP contribution >= 0.6 is 0 Å². The number of anilines is 1. The Bertz CT molecular complexity index is 594. The summed E-state index contributed by atoms with van der Waals surface area (Å²) in [5.74, 6) is -1.58. The summed E-state index contributed by atoms with van der Waals surface area (Å²) in [5, 5.41) is 23.2. The van der Waals surface area contributed by atoms with E-state index in [1.807, 2.05) is 0 Å². The summed E-state index contributed by atoms with van der Waals surface area (Å²) < 4.78 is 5.05. The molecule has 0 spiro atoms. The van der Waals surface area contributed by atoms with E-state index in [0.29, 0.717) is 24.2 Å². The van der Waals surface area contributed by atoms with Crippen molar-refractivity contribution < 1.29 is 29.2 Å². The van der Waals surface area contributed by atoms with Crippen molar-refractivity contribution in [1.29, 1.82) is 0 Å². The van der Waals surface area contributed by atoms with Crippen LogP contribution in [0.15, 0.2) is 18.2 Å².